The van der Waals surface area contributed by atoms with Gasteiger partial charge in [-0.25, -0.2) is 4.79 Å². The van der Waals surface area contributed by atoms with Crippen LogP contribution in [0, 0.1) is 6.92 Å². The molecule has 0 saturated carbocycles. The highest BCUT2D eigenvalue weighted by atomic mass is 32.1. The molecule has 3 N–H and O–H groups in total. The summed E-state index contributed by atoms with van der Waals surface area (Å²) < 4.78 is 15.2. The Balaban J connectivity index is 2.18. The molecule has 114 valence electrons. The van der Waals surface area contributed by atoms with Crippen molar-refractivity contribution >= 4 is 28.0 Å². The van der Waals surface area contributed by atoms with Gasteiger partial charge in [0.1, 0.15) is 15.6 Å². The summed E-state index contributed by atoms with van der Waals surface area (Å²) in [6, 6.07) is 0. The van der Waals surface area contributed by atoms with Gasteiger partial charge >= 0.3 is 5.97 Å². The number of nitrogens with zero attached hydrogens (tertiary/aromatic N) is 2. The lowest BCUT2D eigenvalue weighted by Crippen LogP contribution is -2.05. The minimum Gasteiger partial charge on any atom is -0.492 e. The predicted octanol–water partition coefficient (Wildman–Crippen LogP) is 1.82. The topological polar surface area (TPSA) is 112 Å². The van der Waals surface area contributed by atoms with Crippen LogP contribution in [-0.2, 0) is 11.3 Å². The van der Waals surface area contributed by atoms with Crippen LogP contribution in [0.5, 0.6) is 5.75 Å². The lowest BCUT2D eigenvalue weighted by molar-refractivity contribution is 0.0533. The molecule has 0 amide bonds. The average Bonchev–Trinajstić information content (AvgIpc) is 3.00. The second kappa shape index (κ2) is 6.44. The van der Waals surface area contributed by atoms with Crippen LogP contribution in [-0.4, -0.2) is 29.8 Å². The molecule has 0 aromatic carbocycles. The van der Waals surface area contributed by atoms with Gasteiger partial charge in [-0.15, -0.1) is 11.3 Å². The molecule has 0 fully saturated rings. The molecule has 8 nitrogen and oxygen atoms in total. The molecular weight excluding hydrogens is 296 g/mol. The molecular formula is C12H16N4O4S. The highest BCUT2D eigenvalue weighted by Crippen LogP contribution is 2.42. The van der Waals surface area contributed by atoms with Crippen LogP contribution in [0.25, 0.3) is 0 Å². The SMILES string of the molecule is CCOC(=O)c1sc(NCc2nc(C)no2)c(OC)c1N. The quantitative estimate of drug-likeness (QED) is 0.777. The van der Waals surface area contributed by atoms with E-state index in [9.17, 15) is 4.79 Å². The van der Waals surface area contributed by atoms with E-state index in [0.717, 1.165) is 11.3 Å². The van der Waals surface area contributed by atoms with Crippen molar-refractivity contribution in [1.82, 2.24) is 10.1 Å². The van der Waals surface area contributed by atoms with Crippen molar-refractivity contribution in [2.45, 2.75) is 20.4 Å². The molecule has 0 spiro atoms. The molecule has 0 aliphatic carbocycles. The number of aromatic nitrogens is 2. The van der Waals surface area contributed by atoms with E-state index in [2.05, 4.69) is 15.5 Å². The number of nitrogens with one attached hydrogen (secondary N) is 1. The van der Waals surface area contributed by atoms with Crippen molar-refractivity contribution in [3.8, 4) is 5.75 Å². The minimum absolute atomic E-state index is 0.255. The van der Waals surface area contributed by atoms with Gasteiger partial charge in [0.2, 0.25) is 5.89 Å². The second-order valence-electron chi connectivity index (χ2n) is 4.02. The predicted molar refractivity (Wildman–Crippen MR) is 77.6 cm³/mol. The first-order chi connectivity index (χ1) is 10.1. The van der Waals surface area contributed by atoms with E-state index in [1.807, 2.05) is 0 Å². The third kappa shape index (κ3) is 3.24. The van der Waals surface area contributed by atoms with Gasteiger partial charge in [0, 0.05) is 0 Å². The first kappa shape index (κ1) is 15.1. The second-order valence-corrected chi connectivity index (χ2v) is 5.04. The molecule has 0 saturated heterocycles. The number of anilines is 2. The number of hydrogen-bond donors (Lipinski definition) is 2. The first-order valence-corrected chi connectivity index (χ1v) is 7.04. The molecule has 0 aliphatic heterocycles. The number of methoxy groups -OCH3 is 1. The average molecular weight is 312 g/mol. The van der Waals surface area contributed by atoms with Crippen LogP contribution in [0.3, 0.4) is 0 Å². The highest BCUT2D eigenvalue weighted by Gasteiger charge is 2.23. The van der Waals surface area contributed by atoms with Crippen LogP contribution in [0.1, 0.15) is 28.3 Å². The van der Waals surface area contributed by atoms with E-state index >= 15 is 0 Å². The van der Waals surface area contributed by atoms with E-state index in [1.165, 1.54) is 7.11 Å². The number of carbonyl (C=O) groups excluding carboxylic acids is 1. The Morgan fingerprint density at radius 1 is 1.52 bits per heavy atom. The molecule has 2 rings (SSSR count). The summed E-state index contributed by atoms with van der Waals surface area (Å²) in [5, 5.41) is 7.36. The Kier molecular flexibility index (Phi) is 4.63. The number of ether oxygens (including phenoxy) is 2. The Bertz CT molecular complexity index is 637. The van der Waals surface area contributed by atoms with Gasteiger partial charge < -0.3 is 25.0 Å². The molecule has 0 atom stereocenters. The van der Waals surface area contributed by atoms with Gasteiger partial charge in [0.25, 0.3) is 0 Å². The zero-order valence-corrected chi connectivity index (χ0v) is 12.7. The third-order valence-electron chi connectivity index (χ3n) is 2.53. The zero-order chi connectivity index (χ0) is 15.4. The summed E-state index contributed by atoms with van der Waals surface area (Å²) in [4.78, 5) is 16.2. The fourth-order valence-electron chi connectivity index (χ4n) is 1.66. The van der Waals surface area contributed by atoms with Crippen molar-refractivity contribution in [3.05, 3.63) is 16.6 Å². The van der Waals surface area contributed by atoms with Crippen LogP contribution < -0.4 is 15.8 Å². The fourth-order valence-corrected chi connectivity index (χ4v) is 2.64. The number of esters is 1. The Morgan fingerprint density at radius 2 is 2.29 bits per heavy atom. The summed E-state index contributed by atoms with van der Waals surface area (Å²) >= 11 is 1.16. The van der Waals surface area contributed by atoms with E-state index in [-0.39, 0.29) is 12.3 Å². The zero-order valence-electron chi connectivity index (χ0n) is 11.9. The lowest BCUT2D eigenvalue weighted by Gasteiger charge is -2.04. The summed E-state index contributed by atoms with van der Waals surface area (Å²) in [7, 11) is 1.48. The number of nitrogen functional groups attached to an aromatic ring is 1. The number of hydrogen-bond acceptors (Lipinski definition) is 9. The maximum atomic E-state index is 11.8. The smallest absolute Gasteiger partial charge is 0.350 e. The van der Waals surface area contributed by atoms with Gasteiger partial charge in [-0.1, -0.05) is 5.16 Å². The van der Waals surface area contributed by atoms with Crippen molar-refractivity contribution in [3.63, 3.8) is 0 Å². The first-order valence-electron chi connectivity index (χ1n) is 6.23. The van der Waals surface area contributed by atoms with Crippen LogP contribution in [0.2, 0.25) is 0 Å². The molecule has 21 heavy (non-hydrogen) atoms. The molecule has 0 radical (unpaired) electrons. The standard InChI is InChI=1S/C12H16N4O4S/c1-4-19-12(17)10-8(13)9(18-3)11(21-10)14-5-7-15-6(2)16-20-7/h14H,4-5,13H2,1-3H3. The summed E-state index contributed by atoms with van der Waals surface area (Å²) in [5.74, 6) is 0.912. The summed E-state index contributed by atoms with van der Waals surface area (Å²) in [5.41, 5.74) is 6.17. The molecule has 0 bridgehead atoms. The summed E-state index contributed by atoms with van der Waals surface area (Å²) in [6.45, 7) is 4.05. The van der Waals surface area contributed by atoms with E-state index in [4.69, 9.17) is 19.7 Å². The van der Waals surface area contributed by atoms with Gasteiger partial charge in [0.15, 0.2) is 11.6 Å². The highest BCUT2D eigenvalue weighted by molar-refractivity contribution is 7.19. The van der Waals surface area contributed by atoms with Crippen molar-refractivity contribution in [1.29, 1.82) is 0 Å². The Labute approximate surface area is 125 Å². The van der Waals surface area contributed by atoms with E-state index in [1.54, 1.807) is 13.8 Å². The molecule has 0 aliphatic rings. The lowest BCUT2D eigenvalue weighted by atomic mass is 10.3. The monoisotopic (exact) mass is 312 g/mol. The number of nitrogens with two attached hydrogens (primary N) is 1. The summed E-state index contributed by atoms with van der Waals surface area (Å²) in [6.07, 6.45) is 0. The van der Waals surface area contributed by atoms with Crippen molar-refractivity contribution < 1.29 is 18.8 Å². The van der Waals surface area contributed by atoms with Crippen molar-refractivity contribution in [2.75, 3.05) is 24.8 Å². The Hall–Kier alpha value is -2.29. The van der Waals surface area contributed by atoms with E-state index in [0.29, 0.717) is 33.9 Å². The largest absolute Gasteiger partial charge is 0.492 e. The molecule has 0 unspecified atom stereocenters. The third-order valence-corrected chi connectivity index (χ3v) is 3.66. The van der Waals surface area contributed by atoms with Crippen molar-refractivity contribution in [2.24, 2.45) is 0 Å². The normalized spacial score (nSPS) is 10.4. The van der Waals surface area contributed by atoms with Crippen LogP contribution in [0.4, 0.5) is 10.7 Å². The number of aryl methyl sites for hydroxylation is 1. The minimum atomic E-state index is -0.472. The maximum Gasteiger partial charge on any atom is 0.350 e. The van der Waals surface area contributed by atoms with Gasteiger partial charge in [-0.3, -0.25) is 0 Å². The molecule has 9 heteroatoms. The van der Waals surface area contributed by atoms with Gasteiger partial charge in [-0.2, -0.15) is 4.98 Å². The maximum absolute atomic E-state index is 11.8. The Morgan fingerprint density at radius 3 is 2.86 bits per heavy atom. The van der Waals surface area contributed by atoms with Gasteiger partial charge in [-0.05, 0) is 13.8 Å². The number of carbonyl (C=O) groups is 1. The van der Waals surface area contributed by atoms with Crippen LogP contribution in [0.15, 0.2) is 4.52 Å². The fraction of sp³-hybridized carbons (Fsp3) is 0.417. The van der Waals surface area contributed by atoms with E-state index < -0.39 is 5.97 Å². The number of thiophene rings is 1. The van der Waals surface area contributed by atoms with Crippen LogP contribution >= 0.6 is 11.3 Å². The molecule has 2 aromatic rings. The molecule has 2 aromatic heterocycles. The number of rotatable bonds is 6. The molecule has 2 heterocycles. The van der Waals surface area contributed by atoms with Gasteiger partial charge in [0.05, 0.1) is 20.3 Å².